The first kappa shape index (κ1) is 11.4. The second-order valence-electron chi connectivity index (χ2n) is 2.53. The Balaban J connectivity index is 0.00000121. The fourth-order valence-electron chi connectivity index (χ4n) is 1.04. The molecule has 1 rings (SSSR count). The summed E-state index contributed by atoms with van der Waals surface area (Å²) in [5.74, 6) is 0.0937. The molecule has 0 unspecified atom stereocenters. The van der Waals surface area contributed by atoms with E-state index in [1.54, 1.807) is 0 Å². The zero-order valence-electron chi connectivity index (χ0n) is 6.81. The lowest BCUT2D eigenvalue weighted by atomic mass is 10.0. The van der Waals surface area contributed by atoms with Gasteiger partial charge in [0, 0.05) is 12.5 Å². The molecule has 0 saturated heterocycles. The van der Waals surface area contributed by atoms with Crippen LogP contribution in [-0.4, -0.2) is 18.3 Å². The van der Waals surface area contributed by atoms with E-state index in [2.05, 4.69) is 0 Å². The highest BCUT2D eigenvalue weighted by Gasteiger charge is 2.05. The van der Waals surface area contributed by atoms with E-state index in [1.165, 1.54) is 0 Å². The van der Waals surface area contributed by atoms with E-state index in [1.807, 2.05) is 30.3 Å². The number of hydrogen-bond donors (Lipinski definition) is 2. The molecule has 1 aromatic carbocycles. The van der Waals surface area contributed by atoms with Gasteiger partial charge in [-0.15, -0.1) is 12.4 Å². The number of hydrogen-bond acceptors (Lipinski definition) is 2. The van der Waals surface area contributed by atoms with Crippen LogP contribution in [0.1, 0.15) is 11.5 Å². The topological polar surface area (TPSA) is 46.2 Å². The van der Waals surface area contributed by atoms with Crippen LogP contribution >= 0.6 is 12.4 Å². The molecule has 0 amide bonds. The molecule has 0 aliphatic rings. The zero-order valence-corrected chi connectivity index (χ0v) is 7.63. The monoisotopic (exact) mass is 187 g/mol. The molecule has 0 aromatic heterocycles. The van der Waals surface area contributed by atoms with Crippen LogP contribution in [0.4, 0.5) is 0 Å². The Hall–Kier alpha value is -0.570. The van der Waals surface area contributed by atoms with Gasteiger partial charge in [-0.1, -0.05) is 30.3 Å². The predicted octanol–water partition coefficient (Wildman–Crippen LogP) is 1.14. The van der Waals surface area contributed by atoms with Gasteiger partial charge in [0.25, 0.3) is 0 Å². The Labute approximate surface area is 78.8 Å². The van der Waals surface area contributed by atoms with E-state index < -0.39 is 0 Å². The molecule has 0 spiro atoms. The fraction of sp³-hybridized carbons (Fsp3) is 0.333. The standard InChI is InChI=1S/C9H13NO.ClH/c10-6-9(7-11)8-4-2-1-3-5-8;/h1-5,9,11H,6-7,10H2;1H/t9-;/m1./s1. The first-order valence-electron chi connectivity index (χ1n) is 3.74. The van der Waals surface area contributed by atoms with Crippen molar-refractivity contribution >= 4 is 12.4 Å². The molecule has 12 heavy (non-hydrogen) atoms. The molecule has 0 saturated carbocycles. The highest BCUT2D eigenvalue weighted by molar-refractivity contribution is 5.85. The minimum atomic E-state index is 0. The molecule has 1 aromatic rings. The van der Waals surface area contributed by atoms with Gasteiger partial charge in [0.15, 0.2) is 0 Å². The number of halogens is 1. The van der Waals surface area contributed by atoms with Crippen molar-refractivity contribution in [2.45, 2.75) is 5.92 Å². The summed E-state index contributed by atoms with van der Waals surface area (Å²) in [7, 11) is 0. The van der Waals surface area contributed by atoms with E-state index >= 15 is 0 Å². The molecule has 1 atom stereocenters. The summed E-state index contributed by atoms with van der Waals surface area (Å²) in [6, 6.07) is 9.82. The smallest absolute Gasteiger partial charge is 0.0511 e. The van der Waals surface area contributed by atoms with Crippen LogP contribution in [0.3, 0.4) is 0 Å². The van der Waals surface area contributed by atoms with Crippen molar-refractivity contribution in [2.75, 3.05) is 13.2 Å². The van der Waals surface area contributed by atoms with Crippen LogP contribution in [0.2, 0.25) is 0 Å². The molecule has 0 bridgehead atoms. The molecule has 68 valence electrons. The maximum Gasteiger partial charge on any atom is 0.0511 e. The quantitative estimate of drug-likeness (QED) is 0.746. The lowest BCUT2D eigenvalue weighted by Gasteiger charge is -2.10. The van der Waals surface area contributed by atoms with Crippen LogP contribution < -0.4 is 5.73 Å². The average Bonchev–Trinajstić information content (AvgIpc) is 2.09. The van der Waals surface area contributed by atoms with Gasteiger partial charge >= 0.3 is 0 Å². The first-order valence-corrected chi connectivity index (χ1v) is 3.74. The Morgan fingerprint density at radius 3 is 2.25 bits per heavy atom. The first-order chi connectivity index (χ1) is 5.38. The second-order valence-corrected chi connectivity index (χ2v) is 2.53. The van der Waals surface area contributed by atoms with Gasteiger partial charge in [-0.3, -0.25) is 0 Å². The molecule has 0 heterocycles. The van der Waals surface area contributed by atoms with Gasteiger partial charge in [0.1, 0.15) is 0 Å². The van der Waals surface area contributed by atoms with Crippen molar-refractivity contribution in [1.29, 1.82) is 0 Å². The highest BCUT2D eigenvalue weighted by Crippen LogP contribution is 2.12. The number of rotatable bonds is 3. The summed E-state index contributed by atoms with van der Waals surface area (Å²) in [5, 5.41) is 8.90. The maximum atomic E-state index is 8.90. The van der Waals surface area contributed by atoms with E-state index in [0.717, 1.165) is 5.56 Å². The third-order valence-electron chi connectivity index (χ3n) is 1.78. The van der Waals surface area contributed by atoms with E-state index in [0.29, 0.717) is 6.54 Å². The average molecular weight is 188 g/mol. The fourth-order valence-corrected chi connectivity index (χ4v) is 1.04. The van der Waals surface area contributed by atoms with Crippen LogP contribution in [-0.2, 0) is 0 Å². The minimum absolute atomic E-state index is 0. The normalized spacial score (nSPS) is 11.8. The van der Waals surface area contributed by atoms with Crippen molar-refractivity contribution in [1.82, 2.24) is 0 Å². The van der Waals surface area contributed by atoms with Crippen molar-refractivity contribution < 1.29 is 5.11 Å². The van der Waals surface area contributed by atoms with Gasteiger partial charge in [-0.2, -0.15) is 0 Å². The number of aliphatic hydroxyl groups excluding tert-OH is 1. The lowest BCUT2D eigenvalue weighted by Crippen LogP contribution is -2.15. The Morgan fingerprint density at radius 1 is 1.25 bits per heavy atom. The summed E-state index contributed by atoms with van der Waals surface area (Å²) in [6.07, 6.45) is 0. The van der Waals surface area contributed by atoms with Crippen molar-refractivity contribution in [3.63, 3.8) is 0 Å². The van der Waals surface area contributed by atoms with Crippen molar-refractivity contribution in [3.8, 4) is 0 Å². The third-order valence-corrected chi connectivity index (χ3v) is 1.78. The molecule has 3 N–H and O–H groups in total. The summed E-state index contributed by atoms with van der Waals surface area (Å²) in [6.45, 7) is 0.626. The van der Waals surface area contributed by atoms with Gasteiger partial charge in [-0.25, -0.2) is 0 Å². The van der Waals surface area contributed by atoms with E-state index in [4.69, 9.17) is 10.8 Å². The SMILES string of the molecule is Cl.NC[C@H](CO)c1ccccc1. The van der Waals surface area contributed by atoms with Gasteiger partial charge in [0.05, 0.1) is 6.61 Å². The van der Waals surface area contributed by atoms with Crippen molar-refractivity contribution in [2.24, 2.45) is 5.73 Å². The van der Waals surface area contributed by atoms with Gasteiger partial charge in [-0.05, 0) is 5.56 Å². The Kier molecular flexibility index (Phi) is 5.72. The molecular weight excluding hydrogens is 174 g/mol. The van der Waals surface area contributed by atoms with Crippen LogP contribution in [0, 0.1) is 0 Å². The Bertz CT molecular complexity index is 199. The lowest BCUT2D eigenvalue weighted by molar-refractivity contribution is 0.268. The predicted molar refractivity (Wildman–Crippen MR) is 52.6 cm³/mol. The summed E-state index contributed by atoms with van der Waals surface area (Å²) in [4.78, 5) is 0. The minimum Gasteiger partial charge on any atom is -0.396 e. The van der Waals surface area contributed by atoms with E-state index in [-0.39, 0.29) is 24.9 Å². The summed E-state index contributed by atoms with van der Waals surface area (Å²) >= 11 is 0. The van der Waals surface area contributed by atoms with Crippen LogP contribution in [0.25, 0.3) is 0 Å². The summed E-state index contributed by atoms with van der Waals surface area (Å²) in [5.41, 5.74) is 6.56. The molecule has 0 aliphatic carbocycles. The number of aliphatic hydroxyl groups is 1. The molecule has 3 heteroatoms. The Morgan fingerprint density at radius 2 is 1.83 bits per heavy atom. The second kappa shape index (κ2) is 6.00. The van der Waals surface area contributed by atoms with Gasteiger partial charge in [0.2, 0.25) is 0 Å². The highest BCUT2D eigenvalue weighted by atomic mass is 35.5. The van der Waals surface area contributed by atoms with Gasteiger partial charge < -0.3 is 10.8 Å². The maximum absolute atomic E-state index is 8.90. The molecule has 0 radical (unpaired) electrons. The van der Waals surface area contributed by atoms with Crippen LogP contribution in [0.5, 0.6) is 0 Å². The third kappa shape index (κ3) is 2.81. The number of nitrogens with two attached hydrogens (primary N) is 1. The number of benzene rings is 1. The zero-order chi connectivity index (χ0) is 8.10. The van der Waals surface area contributed by atoms with Crippen LogP contribution in [0.15, 0.2) is 30.3 Å². The molecule has 0 aliphatic heterocycles. The molecular formula is C9H14ClNO. The largest absolute Gasteiger partial charge is 0.396 e. The summed E-state index contributed by atoms with van der Waals surface area (Å²) < 4.78 is 0. The molecule has 0 fully saturated rings. The molecule has 2 nitrogen and oxygen atoms in total. The van der Waals surface area contributed by atoms with E-state index in [9.17, 15) is 0 Å². The van der Waals surface area contributed by atoms with Crippen molar-refractivity contribution in [3.05, 3.63) is 35.9 Å².